The number of nitrogen functional groups attached to an aromatic ring is 1. The summed E-state index contributed by atoms with van der Waals surface area (Å²) in [5.41, 5.74) is 8.43. The van der Waals surface area contributed by atoms with Crippen molar-refractivity contribution in [1.82, 2.24) is 5.32 Å². The largest absolute Gasteiger partial charge is 0.397 e. The van der Waals surface area contributed by atoms with Gasteiger partial charge in [-0.05, 0) is 37.8 Å². The molecule has 1 heterocycles. The molecule has 1 amide bonds. The van der Waals surface area contributed by atoms with Gasteiger partial charge in [-0.25, -0.2) is 0 Å². The van der Waals surface area contributed by atoms with E-state index in [9.17, 15) is 18.0 Å². The maximum Gasteiger partial charge on any atom is 0.391 e. The molecule has 1 aliphatic heterocycles. The normalized spacial score (nSPS) is 23.4. The van der Waals surface area contributed by atoms with E-state index >= 15 is 0 Å². The van der Waals surface area contributed by atoms with Gasteiger partial charge in [0.2, 0.25) is 0 Å². The lowest BCUT2D eigenvalue weighted by molar-refractivity contribution is -0.182. The molecular weight excluding hydrogens is 373 g/mol. The molecule has 2 aliphatic rings. The van der Waals surface area contributed by atoms with E-state index in [1.807, 2.05) is 6.07 Å². The maximum absolute atomic E-state index is 12.9. The quantitative estimate of drug-likeness (QED) is 0.677. The number of alkyl halides is 3. The fourth-order valence-electron chi connectivity index (χ4n) is 3.90. The van der Waals surface area contributed by atoms with Crippen LogP contribution < -0.4 is 21.3 Å². The Morgan fingerprint density at radius 1 is 1.18 bits per heavy atom. The number of benzene rings is 1. The first-order valence-corrected chi connectivity index (χ1v) is 9.61. The molecule has 28 heavy (non-hydrogen) atoms. The number of anilines is 3. The van der Waals surface area contributed by atoms with Crippen LogP contribution in [0.1, 0.15) is 36.0 Å². The van der Waals surface area contributed by atoms with Crippen LogP contribution in [0.4, 0.5) is 30.2 Å². The van der Waals surface area contributed by atoms with Gasteiger partial charge in [0.05, 0.1) is 41.8 Å². The van der Waals surface area contributed by atoms with Crippen LogP contribution in [-0.2, 0) is 4.74 Å². The molecule has 2 fully saturated rings. The minimum atomic E-state index is -4.16. The van der Waals surface area contributed by atoms with Crippen molar-refractivity contribution in [3.8, 4) is 0 Å². The van der Waals surface area contributed by atoms with Crippen molar-refractivity contribution in [2.45, 2.75) is 37.9 Å². The van der Waals surface area contributed by atoms with Gasteiger partial charge in [-0.1, -0.05) is 0 Å². The van der Waals surface area contributed by atoms with Crippen molar-refractivity contribution < 1.29 is 22.7 Å². The van der Waals surface area contributed by atoms with Gasteiger partial charge >= 0.3 is 6.18 Å². The number of nitrogens with one attached hydrogen (secondary N) is 2. The van der Waals surface area contributed by atoms with Crippen molar-refractivity contribution in [3.05, 3.63) is 17.7 Å². The van der Waals surface area contributed by atoms with Gasteiger partial charge in [-0.2, -0.15) is 13.2 Å². The number of hydrogen-bond donors (Lipinski definition) is 3. The first kappa shape index (κ1) is 20.6. The topological polar surface area (TPSA) is 79.6 Å². The van der Waals surface area contributed by atoms with Gasteiger partial charge in [0.25, 0.3) is 5.91 Å². The Balaban J connectivity index is 1.74. The molecule has 4 N–H and O–H groups in total. The zero-order valence-corrected chi connectivity index (χ0v) is 15.9. The summed E-state index contributed by atoms with van der Waals surface area (Å²) in [7, 11) is 1.76. The van der Waals surface area contributed by atoms with Crippen molar-refractivity contribution in [3.63, 3.8) is 0 Å². The summed E-state index contributed by atoms with van der Waals surface area (Å²) >= 11 is 0. The Kier molecular flexibility index (Phi) is 6.22. The van der Waals surface area contributed by atoms with Crippen LogP contribution in [0.5, 0.6) is 0 Å². The molecule has 9 heteroatoms. The molecule has 156 valence electrons. The molecule has 1 saturated heterocycles. The number of ether oxygens (including phenoxy) is 1. The minimum Gasteiger partial charge on any atom is -0.397 e. The lowest BCUT2D eigenvalue weighted by atomic mass is 9.85. The predicted octanol–water partition coefficient (Wildman–Crippen LogP) is 3.00. The molecule has 1 saturated carbocycles. The van der Waals surface area contributed by atoms with E-state index in [1.165, 1.54) is 0 Å². The van der Waals surface area contributed by atoms with E-state index in [0.29, 0.717) is 50.4 Å². The molecule has 0 bridgehead atoms. The molecule has 0 unspecified atom stereocenters. The van der Waals surface area contributed by atoms with Crippen LogP contribution in [0, 0.1) is 5.92 Å². The smallest absolute Gasteiger partial charge is 0.391 e. The fourth-order valence-corrected chi connectivity index (χ4v) is 3.90. The summed E-state index contributed by atoms with van der Waals surface area (Å²) in [4.78, 5) is 15.0. The molecule has 0 aromatic heterocycles. The average molecular weight is 400 g/mol. The molecule has 3 rings (SSSR count). The molecular formula is C19H27F3N4O2. The zero-order valence-electron chi connectivity index (χ0n) is 15.9. The van der Waals surface area contributed by atoms with Crippen LogP contribution in [0.2, 0.25) is 0 Å². The monoisotopic (exact) mass is 400 g/mol. The lowest BCUT2D eigenvalue weighted by Crippen LogP contribution is -2.41. The first-order valence-electron chi connectivity index (χ1n) is 9.61. The standard InChI is InChI=1S/C19H27F3N4O2/c1-24-16-11-17(26-6-8-28-9-7-26)14(10-15(16)23)18(27)25-13-4-2-12(3-5-13)19(20,21)22/h10-13,24H,2-9,23H2,1H3,(H,25,27)/t12-,13-. The third kappa shape index (κ3) is 4.63. The van der Waals surface area contributed by atoms with Gasteiger partial charge in [0.15, 0.2) is 0 Å². The summed E-state index contributed by atoms with van der Waals surface area (Å²) in [5, 5.41) is 5.93. The molecule has 6 nitrogen and oxygen atoms in total. The number of nitrogens with zero attached hydrogens (tertiary/aromatic N) is 1. The Morgan fingerprint density at radius 2 is 1.82 bits per heavy atom. The minimum absolute atomic E-state index is 0.0472. The van der Waals surface area contributed by atoms with Crippen molar-refractivity contribution in [2.24, 2.45) is 5.92 Å². The number of hydrogen-bond acceptors (Lipinski definition) is 5. The van der Waals surface area contributed by atoms with Gasteiger partial charge in [-0.15, -0.1) is 0 Å². The van der Waals surface area contributed by atoms with Gasteiger partial charge in [0.1, 0.15) is 0 Å². The van der Waals surface area contributed by atoms with Crippen LogP contribution >= 0.6 is 0 Å². The maximum atomic E-state index is 12.9. The number of nitrogens with two attached hydrogens (primary N) is 1. The summed E-state index contributed by atoms with van der Waals surface area (Å²) in [6.07, 6.45) is -3.41. The molecule has 1 aromatic carbocycles. The SMILES string of the molecule is CNc1cc(N2CCOCC2)c(C(=O)N[C@H]2CC[C@H](C(F)(F)F)CC2)cc1N. The Morgan fingerprint density at radius 3 is 2.39 bits per heavy atom. The molecule has 0 spiro atoms. The third-order valence-corrected chi connectivity index (χ3v) is 5.56. The van der Waals surface area contributed by atoms with Crippen LogP contribution in [-0.4, -0.2) is 51.5 Å². The molecule has 0 radical (unpaired) electrons. The number of morpholine rings is 1. The highest BCUT2D eigenvalue weighted by molar-refractivity contribution is 6.02. The highest BCUT2D eigenvalue weighted by Crippen LogP contribution is 2.38. The second kappa shape index (κ2) is 8.46. The van der Waals surface area contributed by atoms with E-state index in [2.05, 4.69) is 15.5 Å². The summed E-state index contributed by atoms with van der Waals surface area (Å²) < 4.78 is 43.9. The zero-order chi connectivity index (χ0) is 20.3. The van der Waals surface area contributed by atoms with E-state index in [-0.39, 0.29) is 24.8 Å². The number of halogens is 3. The van der Waals surface area contributed by atoms with Crippen LogP contribution in [0.15, 0.2) is 12.1 Å². The highest BCUT2D eigenvalue weighted by Gasteiger charge is 2.41. The van der Waals surface area contributed by atoms with Crippen LogP contribution in [0.3, 0.4) is 0 Å². The summed E-state index contributed by atoms with van der Waals surface area (Å²) in [6.45, 7) is 2.46. The number of amides is 1. The van der Waals surface area contributed by atoms with Gasteiger partial charge in [0, 0.05) is 26.2 Å². The van der Waals surface area contributed by atoms with Gasteiger partial charge in [-0.3, -0.25) is 4.79 Å². The number of carbonyl (C=O) groups excluding carboxylic acids is 1. The Hall–Kier alpha value is -2.16. The van der Waals surface area contributed by atoms with Crippen LogP contribution in [0.25, 0.3) is 0 Å². The van der Waals surface area contributed by atoms with E-state index < -0.39 is 12.1 Å². The average Bonchev–Trinajstić information content (AvgIpc) is 2.68. The molecule has 1 aromatic rings. The van der Waals surface area contributed by atoms with Gasteiger partial charge < -0.3 is 26.0 Å². The Labute approximate surface area is 162 Å². The van der Waals surface area contributed by atoms with E-state index in [4.69, 9.17) is 10.5 Å². The predicted molar refractivity (Wildman–Crippen MR) is 103 cm³/mol. The highest BCUT2D eigenvalue weighted by atomic mass is 19.4. The van der Waals surface area contributed by atoms with Crippen molar-refractivity contribution >= 4 is 23.0 Å². The molecule has 1 aliphatic carbocycles. The Bertz CT molecular complexity index is 697. The first-order chi connectivity index (χ1) is 13.3. The number of rotatable bonds is 4. The van der Waals surface area contributed by atoms with Crippen molar-refractivity contribution in [2.75, 3.05) is 49.3 Å². The van der Waals surface area contributed by atoms with E-state index in [1.54, 1.807) is 13.1 Å². The lowest BCUT2D eigenvalue weighted by Gasteiger charge is -2.32. The third-order valence-electron chi connectivity index (χ3n) is 5.56. The van der Waals surface area contributed by atoms with Crippen molar-refractivity contribution in [1.29, 1.82) is 0 Å². The summed E-state index contributed by atoms with van der Waals surface area (Å²) in [6, 6.07) is 3.22. The van der Waals surface area contributed by atoms with E-state index in [0.717, 1.165) is 11.4 Å². The number of carbonyl (C=O) groups is 1. The summed E-state index contributed by atoms with van der Waals surface area (Å²) in [5.74, 6) is -1.57. The second-order valence-corrected chi connectivity index (χ2v) is 7.37. The molecule has 0 atom stereocenters. The second-order valence-electron chi connectivity index (χ2n) is 7.37. The fraction of sp³-hybridized carbons (Fsp3) is 0.632.